The molecule has 2 rings (SSSR count). The highest BCUT2D eigenvalue weighted by Gasteiger charge is 2.24. The van der Waals surface area contributed by atoms with Gasteiger partial charge in [0.15, 0.2) is 9.84 Å². The molecule has 0 aliphatic rings. The van der Waals surface area contributed by atoms with Crippen LogP contribution in [0.5, 0.6) is 5.75 Å². The fourth-order valence-corrected chi connectivity index (χ4v) is 3.11. The standard InChI is InChI=1S/C20H23N3O6S/c1-30(27,28)16-9-7-15(8-10-16)29-20(26)17(11-14-5-3-2-4-6-14)23-19(25)13-22-18(24)12-21/h2-10,17H,11-13,21H2,1H3,(H,22,24)(H,23,25). The minimum atomic E-state index is -3.38. The summed E-state index contributed by atoms with van der Waals surface area (Å²) in [5.74, 6) is -1.68. The minimum Gasteiger partial charge on any atom is -0.425 e. The Morgan fingerprint density at radius 3 is 2.20 bits per heavy atom. The smallest absolute Gasteiger partial charge is 0.334 e. The first-order chi connectivity index (χ1) is 14.2. The molecule has 0 fully saturated rings. The highest BCUT2D eigenvalue weighted by molar-refractivity contribution is 7.90. The molecule has 10 heteroatoms. The van der Waals surface area contributed by atoms with Crippen molar-refractivity contribution in [2.24, 2.45) is 5.73 Å². The van der Waals surface area contributed by atoms with Crippen LogP contribution in [0.15, 0.2) is 59.5 Å². The van der Waals surface area contributed by atoms with Crippen molar-refractivity contribution in [2.75, 3.05) is 19.3 Å². The molecule has 2 aromatic carbocycles. The Balaban J connectivity index is 2.11. The number of esters is 1. The summed E-state index contributed by atoms with van der Waals surface area (Å²) in [6, 6.07) is 13.3. The SMILES string of the molecule is CS(=O)(=O)c1ccc(OC(=O)C(Cc2ccccc2)NC(=O)CNC(=O)CN)cc1. The number of hydrogen-bond acceptors (Lipinski definition) is 7. The van der Waals surface area contributed by atoms with E-state index in [4.69, 9.17) is 10.5 Å². The molecule has 0 aromatic heterocycles. The first kappa shape index (κ1) is 23.0. The van der Waals surface area contributed by atoms with Gasteiger partial charge in [-0.2, -0.15) is 0 Å². The first-order valence-electron chi connectivity index (χ1n) is 9.01. The zero-order valence-corrected chi connectivity index (χ0v) is 17.1. The quantitative estimate of drug-likeness (QED) is 0.367. The Bertz CT molecular complexity index is 991. The molecule has 0 bridgehead atoms. The van der Waals surface area contributed by atoms with Gasteiger partial charge in [0, 0.05) is 12.7 Å². The van der Waals surface area contributed by atoms with Gasteiger partial charge < -0.3 is 21.1 Å². The lowest BCUT2D eigenvalue weighted by Crippen LogP contribution is -2.48. The predicted octanol–water partition coefficient (Wildman–Crippen LogP) is -0.202. The van der Waals surface area contributed by atoms with E-state index < -0.39 is 33.7 Å². The number of amides is 2. The number of benzene rings is 2. The van der Waals surface area contributed by atoms with Gasteiger partial charge in [0.05, 0.1) is 18.0 Å². The van der Waals surface area contributed by atoms with Gasteiger partial charge in [-0.15, -0.1) is 0 Å². The number of carbonyl (C=O) groups is 3. The van der Waals surface area contributed by atoms with E-state index in [2.05, 4.69) is 10.6 Å². The third kappa shape index (κ3) is 7.30. The third-order valence-corrected chi connectivity index (χ3v) is 5.13. The summed E-state index contributed by atoms with van der Waals surface area (Å²) in [5, 5.41) is 4.86. The van der Waals surface area contributed by atoms with Crippen molar-refractivity contribution in [3.63, 3.8) is 0 Å². The number of ether oxygens (including phenoxy) is 1. The Morgan fingerprint density at radius 2 is 1.63 bits per heavy atom. The average molecular weight is 433 g/mol. The maximum absolute atomic E-state index is 12.7. The molecule has 9 nitrogen and oxygen atoms in total. The summed E-state index contributed by atoms with van der Waals surface area (Å²) in [7, 11) is -3.38. The molecule has 0 saturated carbocycles. The van der Waals surface area contributed by atoms with E-state index in [9.17, 15) is 22.8 Å². The second-order valence-corrected chi connectivity index (χ2v) is 8.47. The van der Waals surface area contributed by atoms with E-state index in [-0.39, 0.29) is 30.2 Å². The van der Waals surface area contributed by atoms with Crippen LogP contribution in [-0.4, -0.2) is 51.6 Å². The van der Waals surface area contributed by atoms with Gasteiger partial charge >= 0.3 is 5.97 Å². The van der Waals surface area contributed by atoms with Gasteiger partial charge in [-0.1, -0.05) is 30.3 Å². The number of carbonyl (C=O) groups excluding carboxylic acids is 3. The lowest BCUT2D eigenvalue weighted by Gasteiger charge is -2.18. The van der Waals surface area contributed by atoms with Crippen LogP contribution in [0, 0.1) is 0 Å². The second-order valence-electron chi connectivity index (χ2n) is 6.46. The first-order valence-corrected chi connectivity index (χ1v) is 10.9. The van der Waals surface area contributed by atoms with Gasteiger partial charge in [-0.3, -0.25) is 9.59 Å². The molecule has 2 amide bonds. The summed E-state index contributed by atoms with van der Waals surface area (Å²) in [6.45, 7) is -0.593. The fraction of sp³-hybridized carbons (Fsp3) is 0.250. The molecule has 30 heavy (non-hydrogen) atoms. The van der Waals surface area contributed by atoms with Crippen LogP contribution in [0.3, 0.4) is 0 Å². The largest absolute Gasteiger partial charge is 0.425 e. The molecular weight excluding hydrogens is 410 g/mol. The molecular formula is C20H23N3O6S. The summed E-state index contributed by atoms with van der Waals surface area (Å²) >= 11 is 0. The Hall–Kier alpha value is -3.24. The molecule has 1 unspecified atom stereocenters. The number of nitrogens with one attached hydrogen (secondary N) is 2. The molecule has 0 radical (unpaired) electrons. The van der Waals surface area contributed by atoms with Crippen LogP contribution in [0.1, 0.15) is 5.56 Å². The lowest BCUT2D eigenvalue weighted by atomic mass is 10.1. The number of rotatable bonds is 9. The summed E-state index contributed by atoms with van der Waals surface area (Å²) in [4.78, 5) is 36.1. The Kier molecular flexibility index (Phi) is 8.07. The minimum absolute atomic E-state index is 0.0899. The van der Waals surface area contributed by atoms with Crippen LogP contribution in [0.25, 0.3) is 0 Å². The number of hydrogen-bond donors (Lipinski definition) is 3. The zero-order valence-electron chi connectivity index (χ0n) is 16.3. The Labute approximate surface area is 174 Å². The average Bonchev–Trinajstić information content (AvgIpc) is 2.72. The van der Waals surface area contributed by atoms with Gasteiger partial charge in [0.25, 0.3) is 0 Å². The van der Waals surface area contributed by atoms with Crippen LogP contribution in [-0.2, 0) is 30.6 Å². The lowest BCUT2D eigenvalue weighted by molar-refractivity contribution is -0.139. The highest BCUT2D eigenvalue weighted by Crippen LogP contribution is 2.17. The normalized spacial score (nSPS) is 11.9. The number of sulfone groups is 1. The third-order valence-electron chi connectivity index (χ3n) is 4.00. The van der Waals surface area contributed by atoms with Crippen LogP contribution in [0.2, 0.25) is 0 Å². The van der Waals surface area contributed by atoms with Gasteiger partial charge in [-0.25, -0.2) is 13.2 Å². The van der Waals surface area contributed by atoms with Crippen LogP contribution < -0.4 is 21.1 Å². The van der Waals surface area contributed by atoms with Crippen LogP contribution >= 0.6 is 0 Å². The number of nitrogens with two attached hydrogens (primary N) is 1. The van der Waals surface area contributed by atoms with E-state index in [0.717, 1.165) is 11.8 Å². The van der Waals surface area contributed by atoms with Gasteiger partial charge in [0.2, 0.25) is 11.8 Å². The molecule has 0 heterocycles. The van der Waals surface area contributed by atoms with E-state index in [0.29, 0.717) is 0 Å². The molecule has 0 saturated heterocycles. The van der Waals surface area contributed by atoms with Crippen molar-refractivity contribution in [1.29, 1.82) is 0 Å². The van der Waals surface area contributed by atoms with Gasteiger partial charge in [-0.05, 0) is 29.8 Å². The maximum atomic E-state index is 12.7. The van der Waals surface area contributed by atoms with Crippen molar-refractivity contribution in [3.05, 3.63) is 60.2 Å². The fourth-order valence-electron chi connectivity index (χ4n) is 2.48. The molecule has 1 atom stereocenters. The van der Waals surface area contributed by atoms with Crippen molar-refractivity contribution >= 4 is 27.6 Å². The van der Waals surface area contributed by atoms with Crippen molar-refractivity contribution < 1.29 is 27.5 Å². The second kappa shape index (κ2) is 10.5. The van der Waals surface area contributed by atoms with E-state index >= 15 is 0 Å². The Morgan fingerprint density at radius 1 is 1.00 bits per heavy atom. The zero-order chi connectivity index (χ0) is 22.1. The van der Waals surface area contributed by atoms with Gasteiger partial charge in [0.1, 0.15) is 11.8 Å². The monoisotopic (exact) mass is 433 g/mol. The summed E-state index contributed by atoms with van der Waals surface area (Å²) in [5.41, 5.74) is 5.97. The van der Waals surface area contributed by atoms with Crippen molar-refractivity contribution in [3.8, 4) is 5.75 Å². The molecule has 160 valence electrons. The summed E-state index contributed by atoms with van der Waals surface area (Å²) in [6.07, 6.45) is 1.24. The summed E-state index contributed by atoms with van der Waals surface area (Å²) < 4.78 is 28.4. The molecule has 0 aliphatic carbocycles. The highest BCUT2D eigenvalue weighted by atomic mass is 32.2. The topological polar surface area (TPSA) is 145 Å². The van der Waals surface area contributed by atoms with E-state index in [1.807, 2.05) is 6.07 Å². The molecule has 4 N–H and O–H groups in total. The predicted molar refractivity (Wildman–Crippen MR) is 109 cm³/mol. The molecule has 2 aromatic rings. The maximum Gasteiger partial charge on any atom is 0.334 e. The van der Waals surface area contributed by atoms with Crippen LogP contribution in [0.4, 0.5) is 0 Å². The van der Waals surface area contributed by atoms with Crippen molar-refractivity contribution in [2.45, 2.75) is 17.4 Å². The van der Waals surface area contributed by atoms with E-state index in [1.54, 1.807) is 24.3 Å². The van der Waals surface area contributed by atoms with E-state index in [1.165, 1.54) is 24.3 Å². The molecule has 0 aliphatic heterocycles. The van der Waals surface area contributed by atoms with Crippen molar-refractivity contribution in [1.82, 2.24) is 10.6 Å². The molecule has 0 spiro atoms.